The van der Waals surface area contributed by atoms with Gasteiger partial charge in [0.2, 0.25) is 0 Å². The molecule has 3 nitrogen and oxygen atoms in total. The summed E-state index contributed by atoms with van der Waals surface area (Å²) in [6.07, 6.45) is 0. The van der Waals surface area contributed by atoms with Gasteiger partial charge in [0.1, 0.15) is 0 Å². The average molecular weight is 247 g/mol. The van der Waals surface area contributed by atoms with E-state index >= 15 is 0 Å². The van der Waals surface area contributed by atoms with Crippen molar-refractivity contribution in [2.24, 2.45) is 11.1 Å². The third-order valence-corrected chi connectivity index (χ3v) is 4.92. The average Bonchev–Trinajstić information content (AvgIpc) is 2.25. The van der Waals surface area contributed by atoms with Gasteiger partial charge in [-0.3, -0.25) is 0 Å². The SMILES string of the molecule is Cc1ccc(C2(C3(CN)COC3)COC2)cc1C. The number of hydrogen-bond acceptors (Lipinski definition) is 3. The molecule has 2 aliphatic heterocycles. The van der Waals surface area contributed by atoms with Gasteiger partial charge in [0.05, 0.1) is 31.8 Å². The van der Waals surface area contributed by atoms with E-state index in [1.54, 1.807) is 0 Å². The first kappa shape index (κ1) is 12.2. The molecule has 2 saturated heterocycles. The third-order valence-electron chi connectivity index (χ3n) is 4.92. The number of rotatable bonds is 3. The van der Waals surface area contributed by atoms with E-state index in [1.165, 1.54) is 16.7 Å². The van der Waals surface area contributed by atoms with Crippen molar-refractivity contribution in [3.05, 3.63) is 34.9 Å². The zero-order chi connectivity index (χ0) is 12.8. The Bertz CT molecular complexity index is 456. The number of aryl methyl sites for hydroxylation is 2. The first-order valence-corrected chi connectivity index (χ1v) is 6.57. The van der Waals surface area contributed by atoms with E-state index in [4.69, 9.17) is 15.2 Å². The van der Waals surface area contributed by atoms with Crippen molar-refractivity contribution < 1.29 is 9.47 Å². The van der Waals surface area contributed by atoms with Crippen molar-refractivity contribution in [1.82, 2.24) is 0 Å². The second-order valence-corrected chi connectivity index (χ2v) is 5.85. The molecule has 0 radical (unpaired) electrons. The molecule has 18 heavy (non-hydrogen) atoms. The summed E-state index contributed by atoms with van der Waals surface area (Å²) in [6.45, 7) is 8.06. The van der Waals surface area contributed by atoms with E-state index in [2.05, 4.69) is 32.0 Å². The molecule has 3 rings (SSSR count). The third kappa shape index (κ3) is 1.41. The summed E-state index contributed by atoms with van der Waals surface area (Å²) in [4.78, 5) is 0. The standard InChI is InChI=1S/C15H21NO2/c1-11-3-4-13(5-12(11)2)15(9-18-10-15)14(6-16)7-17-8-14/h3-5H,6-10,16H2,1-2H3. The highest BCUT2D eigenvalue weighted by molar-refractivity contribution is 5.39. The van der Waals surface area contributed by atoms with Gasteiger partial charge in [-0.15, -0.1) is 0 Å². The van der Waals surface area contributed by atoms with Gasteiger partial charge in [-0.25, -0.2) is 0 Å². The maximum absolute atomic E-state index is 6.03. The Kier molecular flexibility index (Phi) is 2.73. The quantitative estimate of drug-likeness (QED) is 0.881. The van der Waals surface area contributed by atoms with Crippen LogP contribution in [0.4, 0.5) is 0 Å². The zero-order valence-corrected chi connectivity index (χ0v) is 11.2. The maximum atomic E-state index is 6.03. The van der Waals surface area contributed by atoms with Crippen molar-refractivity contribution in [1.29, 1.82) is 0 Å². The smallest absolute Gasteiger partial charge is 0.0593 e. The summed E-state index contributed by atoms with van der Waals surface area (Å²) in [5.74, 6) is 0. The number of ether oxygens (including phenoxy) is 2. The fraction of sp³-hybridized carbons (Fsp3) is 0.600. The van der Waals surface area contributed by atoms with E-state index in [0.29, 0.717) is 6.54 Å². The summed E-state index contributed by atoms with van der Waals surface area (Å²) in [5, 5.41) is 0. The molecule has 0 unspecified atom stereocenters. The van der Waals surface area contributed by atoms with Crippen LogP contribution in [-0.4, -0.2) is 33.0 Å². The highest BCUT2D eigenvalue weighted by Gasteiger charge is 2.60. The summed E-state index contributed by atoms with van der Waals surface area (Å²) < 4.78 is 11.0. The molecule has 2 N–H and O–H groups in total. The number of nitrogens with two attached hydrogens (primary N) is 1. The molecule has 1 aromatic rings. The van der Waals surface area contributed by atoms with Crippen LogP contribution in [0.3, 0.4) is 0 Å². The Morgan fingerprint density at radius 3 is 2.11 bits per heavy atom. The first-order chi connectivity index (χ1) is 8.63. The molecular formula is C15H21NO2. The molecule has 0 aliphatic carbocycles. The molecule has 0 bridgehead atoms. The Balaban J connectivity index is 2.03. The second-order valence-electron chi connectivity index (χ2n) is 5.85. The summed E-state index contributed by atoms with van der Waals surface area (Å²) >= 11 is 0. The van der Waals surface area contributed by atoms with Crippen molar-refractivity contribution in [2.75, 3.05) is 33.0 Å². The summed E-state index contributed by atoms with van der Waals surface area (Å²) in [7, 11) is 0. The molecule has 1 aromatic carbocycles. The monoisotopic (exact) mass is 247 g/mol. The molecule has 3 heteroatoms. The Morgan fingerprint density at radius 2 is 1.72 bits per heavy atom. The van der Waals surface area contributed by atoms with E-state index in [9.17, 15) is 0 Å². The van der Waals surface area contributed by atoms with Crippen LogP contribution in [0.15, 0.2) is 18.2 Å². The van der Waals surface area contributed by atoms with E-state index < -0.39 is 0 Å². The highest BCUT2D eigenvalue weighted by Crippen LogP contribution is 2.51. The molecule has 2 fully saturated rings. The van der Waals surface area contributed by atoms with Crippen molar-refractivity contribution >= 4 is 0 Å². The molecule has 2 aliphatic rings. The van der Waals surface area contributed by atoms with Crippen LogP contribution in [0.25, 0.3) is 0 Å². The Hall–Kier alpha value is -0.900. The predicted molar refractivity (Wildman–Crippen MR) is 70.7 cm³/mol. The highest BCUT2D eigenvalue weighted by atomic mass is 16.5. The fourth-order valence-corrected chi connectivity index (χ4v) is 3.06. The van der Waals surface area contributed by atoms with Crippen LogP contribution in [0, 0.1) is 19.3 Å². The lowest BCUT2D eigenvalue weighted by Crippen LogP contribution is -2.69. The zero-order valence-electron chi connectivity index (χ0n) is 11.2. The van der Waals surface area contributed by atoms with Crippen molar-refractivity contribution in [2.45, 2.75) is 19.3 Å². The lowest BCUT2D eigenvalue weighted by Gasteiger charge is -2.59. The number of hydrogen-bond donors (Lipinski definition) is 1. The van der Waals surface area contributed by atoms with E-state index in [0.717, 1.165) is 26.4 Å². The van der Waals surface area contributed by atoms with Gasteiger partial charge in [0, 0.05) is 12.0 Å². The molecular weight excluding hydrogens is 226 g/mol. The van der Waals surface area contributed by atoms with Gasteiger partial charge in [0.15, 0.2) is 0 Å². The fourth-order valence-electron chi connectivity index (χ4n) is 3.06. The second kappa shape index (κ2) is 4.05. The van der Waals surface area contributed by atoms with Gasteiger partial charge >= 0.3 is 0 Å². The minimum Gasteiger partial charge on any atom is -0.380 e. The van der Waals surface area contributed by atoms with Gasteiger partial charge < -0.3 is 15.2 Å². The van der Waals surface area contributed by atoms with Crippen molar-refractivity contribution in [3.8, 4) is 0 Å². The van der Waals surface area contributed by atoms with Gasteiger partial charge in [-0.1, -0.05) is 18.2 Å². The van der Waals surface area contributed by atoms with Crippen LogP contribution in [-0.2, 0) is 14.9 Å². The van der Waals surface area contributed by atoms with Crippen LogP contribution >= 0.6 is 0 Å². The Morgan fingerprint density at radius 1 is 1.06 bits per heavy atom. The molecule has 0 saturated carbocycles. The largest absolute Gasteiger partial charge is 0.380 e. The molecule has 0 aromatic heterocycles. The minimum absolute atomic E-state index is 0.0679. The number of benzene rings is 1. The molecule has 2 heterocycles. The van der Waals surface area contributed by atoms with E-state index in [-0.39, 0.29) is 10.8 Å². The first-order valence-electron chi connectivity index (χ1n) is 6.57. The molecule has 0 spiro atoms. The minimum atomic E-state index is 0.0679. The van der Waals surface area contributed by atoms with Crippen LogP contribution in [0.2, 0.25) is 0 Å². The lowest BCUT2D eigenvalue weighted by molar-refractivity contribution is -0.223. The molecule has 98 valence electrons. The summed E-state index contributed by atoms with van der Waals surface area (Å²) in [6, 6.07) is 6.74. The summed E-state index contributed by atoms with van der Waals surface area (Å²) in [5.41, 5.74) is 10.2. The molecule has 0 amide bonds. The van der Waals surface area contributed by atoms with E-state index in [1.807, 2.05) is 0 Å². The van der Waals surface area contributed by atoms with Gasteiger partial charge in [-0.05, 0) is 30.5 Å². The topological polar surface area (TPSA) is 44.5 Å². The lowest BCUT2D eigenvalue weighted by atomic mass is 9.57. The van der Waals surface area contributed by atoms with Crippen LogP contribution < -0.4 is 5.73 Å². The van der Waals surface area contributed by atoms with Crippen LogP contribution in [0.1, 0.15) is 16.7 Å². The van der Waals surface area contributed by atoms with Gasteiger partial charge in [0.25, 0.3) is 0 Å². The molecule has 0 atom stereocenters. The Labute approximate surface area is 108 Å². The van der Waals surface area contributed by atoms with Gasteiger partial charge in [-0.2, -0.15) is 0 Å². The normalized spacial score (nSPS) is 24.2. The van der Waals surface area contributed by atoms with Crippen LogP contribution in [0.5, 0.6) is 0 Å². The maximum Gasteiger partial charge on any atom is 0.0593 e. The van der Waals surface area contributed by atoms with Crippen molar-refractivity contribution in [3.63, 3.8) is 0 Å². The predicted octanol–water partition coefficient (Wildman–Crippen LogP) is 1.55.